The van der Waals surface area contributed by atoms with Gasteiger partial charge in [0.25, 0.3) is 11.6 Å². The highest BCUT2D eigenvalue weighted by Crippen LogP contribution is 2.39. The van der Waals surface area contributed by atoms with Crippen LogP contribution in [0.1, 0.15) is 36.0 Å². The van der Waals surface area contributed by atoms with Crippen LogP contribution in [0.15, 0.2) is 18.2 Å². The van der Waals surface area contributed by atoms with Crippen LogP contribution in [0.5, 0.6) is 0 Å². The summed E-state index contributed by atoms with van der Waals surface area (Å²) >= 11 is 0. The third-order valence-electron chi connectivity index (χ3n) is 5.12. The molecule has 2 fully saturated rings. The second-order valence-corrected chi connectivity index (χ2v) is 6.50. The Balaban J connectivity index is 1.71. The summed E-state index contributed by atoms with van der Waals surface area (Å²) in [5.74, 6) is -1.08. The normalized spacial score (nSPS) is 20.5. The van der Waals surface area contributed by atoms with Crippen molar-refractivity contribution >= 4 is 11.6 Å². The fourth-order valence-electron chi connectivity index (χ4n) is 3.63. The fraction of sp³-hybridized carbons (Fsp3) is 0.562. The lowest BCUT2D eigenvalue weighted by atomic mass is 9.71. The number of nitro groups is 1. The van der Waals surface area contributed by atoms with Crippen LogP contribution in [0.2, 0.25) is 0 Å². The second kappa shape index (κ2) is 6.23. The largest absolute Gasteiger partial charge is 0.339 e. The van der Waals surface area contributed by atoms with Crippen LogP contribution in [0.3, 0.4) is 0 Å². The molecule has 1 amide bonds. The Morgan fingerprint density at radius 3 is 2.43 bits per heavy atom. The Morgan fingerprint density at radius 2 is 1.83 bits per heavy atom. The summed E-state index contributed by atoms with van der Waals surface area (Å²) in [6.45, 7) is 3.29. The van der Waals surface area contributed by atoms with E-state index in [1.54, 1.807) is 4.90 Å². The molecular formula is C16H20FN3O3. The molecule has 1 aromatic carbocycles. The molecule has 2 heterocycles. The third-order valence-corrected chi connectivity index (χ3v) is 5.12. The number of benzene rings is 1. The van der Waals surface area contributed by atoms with Crippen molar-refractivity contribution in [1.29, 1.82) is 0 Å². The molecule has 2 saturated heterocycles. The lowest BCUT2D eigenvalue weighted by Crippen LogP contribution is -2.47. The third kappa shape index (κ3) is 3.34. The van der Waals surface area contributed by atoms with Crippen molar-refractivity contribution in [2.24, 2.45) is 5.41 Å². The maximum atomic E-state index is 13.5. The molecule has 2 aliphatic rings. The van der Waals surface area contributed by atoms with E-state index in [0.717, 1.165) is 57.0 Å². The number of nitro benzene ring substituents is 1. The molecule has 0 aliphatic carbocycles. The van der Waals surface area contributed by atoms with Crippen molar-refractivity contribution in [1.82, 2.24) is 10.2 Å². The minimum atomic E-state index is -0.755. The van der Waals surface area contributed by atoms with Crippen LogP contribution in [0.4, 0.5) is 10.1 Å². The Morgan fingerprint density at radius 1 is 1.17 bits per heavy atom. The monoisotopic (exact) mass is 321 g/mol. The lowest BCUT2D eigenvalue weighted by Gasteiger charge is -2.44. The molecule has 0 aromatic heterocycles. The van der Waals surface area contributed by atoms with Gasteiger partial charge in [0.2, 0.25) is 0 Å². The first kappa shape index (κ1) is 15.9. The number of carbonyl (C=O) groups excluding carboxylic acids is 1. The van der Waals surface area contributed by atoms with Crippen molar-refractivity contribution in [2.45, 2.75) is 25.7 Å². The molecule has 0 unspecified atom stereocenters. The van der Waals surface area contributed by atoms with E-state index >= 15 is 0 Å². The highest BCUT2D eigenvalue weighted by molar-refractivity contribution is 5.95. The number of hydrogen-bond acceptors (Lipinski definition) is 4. The van der Waals surface area contributed by atoms with Gasteiger partial charge in [0.05, 0.1) is 11.0 Å². The van der Waals surface area contributed by atoms with Gasteiger partial charge in [-0.05, 0) is 50.3 Å². The number of nitrogens with one attached hydrogen (secondary N) is 1. The summed E-state index contributed by atoms with van der Waals surface area (Å²) in [6, 6.07) is 3.06. The summed E-state index contributed by atoms with van der Waals surface area (Å²) < 4.78 is 13.5. The van der Waals surface area contributed by atoms with Gasteiger partial charge >= 0.3 is 0 Å². The molecule has 1 aromatic rings. The summed E-state index contributed by atoms with van der Waals surface area (Å²) in [5.41, 5.74) is -0.0196. The highest BCUT2D eigenvalue weighted by atomic mass is 19.1. The molecule has 0 radical (unpaired) electrons. The average Bonchev–Trinajstić information content (AvgIpc) is 2.55. The maximum absolute atomic E-state index is 13.5. The van der Waals surface area contributed by atoms with E-state index in [1.807, 2.05) is 0 Å². The molecule has 0 saturated carbocycles. The van der Waals surface area contributed by atoms with Crippen molar-refractivity contribution in [2.75, 3.05) is 26.2 Å². The van der Waals surface area contributed by atoms with Gasteiger partial charge < -0.3 is 10.2 Å². The van der Waals surface area contributed by atoms with Gasteiger partial charge in [0.1, 0.15) is 5.82 Å². The van der Waals surface area contributed by atoms with Crippen molar-refractivity contribution in [3.63, 3.8) is 0 Å². The first-order valence-corrected chi connectivity index (χ1v) is 7.94. The van der Waals surface area contributed by atoms with E-state index < -0.39 is 10.7 Å². The van der Waals surface area contributed by atoms with Crippen LogP contribution in [-0.2, 0) is 0 Å². The SMILES string of the molecule is O=C(c1cc(F)cc([N+](=O)[O-])c1)N1CCC2(CCNCC2)CC1. The van der Waals surface area contributed by atoms with Gasteiger partial charge in [-0.15, -0.1) is 0 Å². The first-order chi connectivity index (χ1) is 11.0. The zero-order chi connectivity index (χ0) is 16.4. The van der Waals surface area contributed by atoms with E-state index in [2.05, 4.69) is 5.32 Å². The highest BCUT2D eigenvalue weighted by Gasteiger charge is 2.37. The van der Waals surface area contributed by atoms with E-state index in [-0.39, 0.29) is 17.2 Å². The number of likely N-dealkylation sites (tertiary alicyclic amines) is 1. The Kier molecular flexibility index (Phi) is 4.30. The Hall–Kier alpha value is -2.02. The molecule has 1 spiro atoms. The zero-order valence-corrected chi connectivity index (χ0v) is 12.9. The van der Waals surface area contributed by atoms with Crippen LogP contribution in [0.25, 0.3) is 0 Å². The smallest absolute Gasteiger partial charge is 0.273 e. The summed E-state index contributed by atoms with van der Waals surface area (Å²) in [5, 5.41) is 14.2. The number of rotatable bonds is 2. The zero-order valence-electron chi connectivity index (χ0n) is 12.9. The molecule has 23 heavy (non-hydrogen) atoms. The Labute approximate surface area is 133 Å². The quantitative estimate of drug-likeness (QED) is 0.670. The predicted molar refractivity (Wildman–Crippen MR) is 82.7 cm³/mol. The molecule has 0 atom stereocenters. The number of piperidine rings is 2. The van der Waals surface area contributed by atoms with Crippen molar-refractivity contribution < 1.29 is 14.1 Å². The van der Waals surface area contributed by atoms with Gasteiger partial charge in [0, 0.05) is 24.7 Å². The molecule has 6 nitrogen and oxygen atoms in total. The van der Waals surface area contributed by atoms with Crippen molar-refractivity contribution in [3.05, 3.63) is 39.7 Å². The van der Waals surface area contributed by atoms with Crippen molar-refractivity contribution in [3.8, 4) is 0 Å². The predicted octanol–water partition coefficient (Wildman–Crippen LogP) is 2.34. The molecule has 0 bridgehead atoms. The molecular weight excluding hydrogens is 301 g/mol. The molecule has 1 N–H and O–H groups in total. The van der Waals surface area contributed by atoms with Gasteiger partial charge in [-0.25, -0.2) is 4.39 Å². The molecule has 3 rings (SSSR count). The fourth-order valence-corrected chi connectivity index (χ4v) is 3.63. The number of hydrogen-bond donors (Lipinski definition) is 1. The molecule has 2 aliphatic heterocycles. The number of nitrogens with zero attached hydrogens (tertiary/aromatic N) is 2. The first-order valence-electron chi connectivity index (χ1n) is 7.94. The van der Waals surface area contributed by atoms with Gasteiger partial charge in [-0.2, -0.15) is 0 Å². The van der Waals surface area contributed by atoms with Gasteiger partial charge in [0.15, 0.2) is 0 Å². The van der Waals surface area contributed by atoms with E-state index in [4.69, 9.17) is 0 Å². The van der Waals surface area contributed by atoms with Crippen LogP contribution >= 0.6 is 0 Å². The van der Waals surface area contributed by atoms with E-state index in [0.29, 0.717) is 18.5 Å². The van der Waals surface area contributed by atoms with Crippen LogP contribution in [-0.4, -0.2) is 41.9 Å². The number of amides is 1. The molecule has 124 valence electrons. The second-order valence-electron chi connectivity index (χ2n) is 6.50. The lowest BCUT2D eigenvalue weighted by molar-refractivity contribution is -0.385. The Bertz CT molecular complexity index is 619. The number of non-ortho nitro benzene ring substituents is 1. The number of carbonyl (C=O) groups is 1. The van der Waals surface area contributed by atoms with E-state index in [9.17, 15) is 19.3 Å². The van der Waals surface area contributed by atoms with Gasteiger partial charge in [-0.1, -0.05) is 0 Å². The summed E-state index contributed by atoms with van der Waals surface area (Å²) in [7, 11) is 0. The summed E-state index contributed by atoms with van der Waals surface area (Å²) in [6.07, 6.45) is 4.14. The standard InChI is InChI=1S/C16H20FN3O3/c17-13-9-12(10-14(11-13)20(22)23)15(21)19-7-3-16(4-8-19)1-5-18-6-2-16/h9-11,18H,1-8H2. The average molecular weight is 321 g/mol. The maximum Gasteiger partial charge on any atom is 0.273 e. The van der Waals surface area contributed by atoms with Crippen LogP contribution < -0.4 is 5.32 Å². The van der Waals surface area contributed by atoms with Gasteiger partial charge in [-0.3, -0.25) is 14.9 Å². The van der Waals surface area contributed by atoms with E-state index in [1.165, 1.54) is 0 Å². The van der Waals surface area contributed by atoms with Crippen LogP contribution in [0, 0.1) is 21.3 Å². The summed E-state index contributed by atoms with van der Waals surface area (Å²) in [4.78, 5) is 24.3. The number of halogens is 1. The minimum absolute atomic E-state index is 0.0537. The minimum Gasteiger partial charge on any atom is -0.339 e. The topological polar surface area (TPSA) is 75.5 Å². The molecule has 7 heteroatoms.